The molecule has 0 aliphatic carbocycles. The third-order valence-corrected chi connectivity index (χ3v) is 2.52. The Labute approximate surface area is 75.9 Å². The maximum absolute atomic E-state index is 11.7. The van der Waals surface area contributed by atoms with E-state index in [-0.39, 0.29) is 5.91 Å². The van der Waals surface area contributed by atoms with Gasteiger partial charge in [-0.2, -0.15) is 0 Å². The topological polar surface area (TPSA) is 23.3 Å². The number of hydrogen-bond donors (Lipinski definition) is 0. The van der Waals surface area contributed by atoms with Crippen molar-refractivity contribution in [1.29, 1.82) is 0 Å². The molecule has 0 fully saturated rings. The molecule has 1 amide bonds. The van der Waals surface area contributed by atoms with Crippen molar-refractivity contribution in [1.82, 2.24) is 5.01 Å². The van der Waals surface area contributed by atoms with Crippen molar-refractivity contribution in [3.05, 3.63) is 29.8 Å². The molecule has 13 heavy (non-hydrogen) atoms. The summed E-state index contributed by atoms with van der Waals surface area (Å²) in [7, 11) is 0. The summed E-state index contributed by atoms with van der Waals surface area (Å²) in [6, 6.07) is 7.72. The van der Waals surface area contributed by atoms with Gasteiger partial charge in [0.1, 0.15) is 5.56 Å². The third-order valence-electron chi connectivity index (χ3n) is 2.52. The lowest BCUT2D eigenvalue weighted by Gasteiger charge is -2.00. The highest BCUT2D eigenvalue weighted by Gasteiger charge is 2.42. The lowest BCUT2D eigenvalue weighted by molar-refractivity contribution is -0.577. The van der Waals surface area contributed by atoms with Gasteiger partial charge in [0.25, 0.3) is 0 Å². The van der Waals surface area contributed by atoms with Gasteiger partial charge in [-0.15, -0.1) is 5.01 Å². The Bertz CT molecular complexity index is 423. The molecule has 0 bridgehead atoms. The third kappa shape index (κ3) is 0.736. The lowest BCUT2D eigenvalue weighted by Crippen LogP contribution is -2.27. The SMILES string of the molecule is O=C1c2ccccc2[N+]2=CCCN12. The molecule has 0 spiro atoms. The van der Waals surface area contributed by atoms with E-state index in [1.54, 1.807) is 5.01 Å². The molecule has 1 aromatic carbocycles. The Morgan fingerprint density at radius 2 is 2.15 bits per heavy atom. The van der Waals surface area contributed by atoms with Gasteiger partial charge < -0.3 is 0 Å². The Kier molecular flexibility index (Phi) is 1.15. The molecule has 0 radical (unpaired) electrons. The normalized spacial score (nSPS) is 18.6. The second-order valence-electron chi connectivity index (χ2n) is 3.26. The largest absolute Gasteiger partial charge is 0.315 e. The first kappa shape index (κ1) is 6.83. The summed E-state index contributed by atoms with van der Waals surface area (Å²) < 4.78 is 1.96. The van der Waals surface area contributed by atoms with E-state index in [2.05, 4.69) is 6.21 Å². The highest BCUT2D eigenvalue weighted by molar-refractivity contribution is 6.00. The molecule has 3 rings (SSSR count). The van der Waals surface area contributed by atoms with E-state index in [4.69, 9.17) is 0 Å². The van der Waals surface area contributed by atoms with Gasteiger partial charge in [0, 0.05) is 6.07 Å². The number of hydrazone groups is 1. The van der Waals surface area contributed by atoms with Crippen LogP contribution in [-0.4, -0.2) is 28.4 Å². The summed E-state index contributed by atoms with van der Waals surface area (Å²) in [4.78, 5) is 11.7. The molecule has 0 saturated carbocycles. The second-order valence-corrected chi connectivity index (χ2v) is 3.26. The molecule has 0 unspecified atom stereocenters. The minimum atomic E-state index is 0.129. The number of carbonyl (C=O) groups is 1. The van der Waals surface area contributed by atoms with Crippen LogP contribution in [0.15, 0.2) is 24.3 Å². The molecule has 2 heterocycles. The maximum atomic E-state index is 11.7. The van der Waals surface area contributed by atoms with Crippen LogP contribution in [0.3, 0.4) is 0 Å². The van der Waals surface area contributed by atoms with Gasteiger partial charge in [-0.1, -0.05) is 16.8 Å². The van der Waals surface area contributed by atoms with Crippen LogP contribution in [0.1, 0.15) is 16.8 Å². The van der Waals surface area contributed by atoms with Gasteiger partial charge in [-0.05, 0) is 6.07 Å². The summed E-state index contributed by atoms with van der Waals surface area (Å²) in [5.74, 6) is 0.129. The minimum absolute atomic E-state index is 0.129. The highest BCUT2D eigenvalue weighted by atomic mass is 16.2. The number of hydrogen-bond acceptors (Lipinski definition) is 1. The van der Waals surface area contributed by atoms with E-state index in [9.17, 15) is 4.79 Å². The molecule has 1 aromatic rings. The maximum Gasteiger partial charge on any atom is 0.315 e. The van der Waals surface area contributed by atoms with Gasteiger partial charge in [0.2, 0.25) is 5.69 Å². The molecule has 0 atom stereocenters. The van der Waals surface area contributed by atoms with Crippen molar-refractivity contribution in [2.45, 2.75) is 6.42 Å². The molecule has 0 saturated heterocycles. The zero-order valence-corrected chi connectivity index (χ0v) is 7.10. The monoisotopic (exact) mass is 173 g/mol. The highest BCUT2D eigenvalue weighted by Crippen LogP contribution is 2.30. The van der Waals surface area contributed by atoms with E-state index in [0.29, 0.717) is 0 Å². The van der Waals surface area contributed by atoms with Gasteiger partial charge in [-0.25, -0.2) is 0 Å². The van der Waals surface area contributed by atoms with E-state index in [1.807, 2.05) is 28.9 Å². The van der Waals surface area contributed by atoms with Crippen molar-refractivity contribution >= 4 is 17.8 Å². The van der Waals surface area contributed by atoms with Crippen molar-refractivity contribution < 1.29 is 9.48 Å². The number of carbonyl (C=O) groups excluding carboxylic acids is 1. The first-order chi connectivity index (χ1) is 6.38. The fraction of sp³-hybridized carbons (Fsp3) is 0.200. The quantitative estimate of drug-likeness (QED) is 0.540. The van der Waals surface area contributed by atoms with E-state index in [1.165, 1.54) is 0 Å². The van der Waals surface area contributed by atoms with Crippen LogP contribution in [0.5, 0.6) is 0 Å². The first-order valence-electron chi connectivity index (χ1n) is 4.41. The number of para-hydroxylation sites is 1. The van der Waals surface area contributed by atoms with Crippen molar-refractivity contribution in [3.8, 4) is 0 Å². The Balaban J connectivity index is 2.29. The van der Waals surface area contributed by atoms with Crippen LogP contribution >= 0.6 is 0 Å². The summed E-state index contributed by atoms with van der Waals surface area (Å²) in [5, 5.41) is 1.78. The number of fused-ring (bicyclic) bond motifs is 3. The molecule has 0 N–H and O–H groups in total. The molecular weight excluding hydrogens is 164 g/mol. The van der Waals surface area contributed by atoms with E-state index >= 15 is 0 Å². The van der Waals surface area contributed by atoms with Crippen LogP contribution < -0.4 is 0 Å². The standard InChI is InChI=1S/C10H9N2O/c13-10-8-4-1-2-5-9(8)11-6-3-7-12(10)11/h1-2,4-6H,3,7H2/q+1. The minimum Gasteiger partial charge on any atom is -0.263 e. The number of amides is 1. The number of rotatable bonds is 0. The fourth-order valence-electron chi connectivity index (χ4n) is 1.93. The number of nitrogens with zero attached hydrogens (tertiary/aromatic N) is 2. The zero-order chi connectivity index (χ0) is 8.84. The molecule has 3 nitrogen and oxygen atoms in total. The van der Waals surface area contributed by atoms with Crippen molar-refractivity contribution in [2.75, 3.05) is 6.54 Å². The predicted octanol–water partition coefficient (Wildman–Crippen LogP) is 1.18. The van der Waals surface area contributed by atoms with E-state index < -0.39 is 0 Å². The summed E-state index contributed by atoms with van der Waals surface area (Å²) in [5.41, 5.74) is 1.84. The van der Waals surface area contributed by atoms with Crippen LogP contribution in [0.25, 0.3) is 0 Å². The molecule has 2 aliphatic heterocycles. The van der Waals surface area contributed by atoms with Gasteiger partial charge in [0.05, 0.1) is 13.0 Å². The average Bonchev–Trinajstić information content (AvgIpc) is 2.72. The van der Waals surface area contributed by atoms with Gasteiger partial charge >= 0.3 is 5.91 Å². The fourth-order valence-corrected chi connectivity index (χ4v) is 1.93. The second kappa shape index (κ2) is 2.19. The summed E-state index contributed by atoms with van der Waals surface area (Å²) in [6.45, 7) is 0.813. The Morgan fingerprint density at radius 1 is 1.31 bits per heavy atom. The van der Waals surface area contributed by atoms with Crippen molar-refractivity contribution in [3.63, 3.8) is 0 Å². The molecular formula is C10H9N2O+. The van der Waals surface area contributed by atoms with E-state index in [0.717, 1.165) is 24.2 Å². The van der Waals surface area contributed by atoms with Crippen LogP contribution in [0.2, 0.25) is 0 Å². The molecule has 0 aromatic heterocycles. The summed E-state index contributed by atoms with van der Waals surface area (Å²) in [6.07, 6.45) is 3.02. The zero-order valence-electron chi connectivity index (χ0n) is 7.10. The van der Waals surface area contributed by atoms with Crippen molar-refractivity contribution in [2.24, 2.45) is 0 Å². The lowest BCUT2D eigenvalue weighted by atomic mass is 10.2. The first-order valence-corrected chi connectivity index (χ1v) is 4.41. The van der Waals surface area contributed by atoms with Gasteiger partial charge in [0.15, 0.2) is 6.21 Å². The van der Waals surface area contributed by atoms with Crippen LogP contribution in [0.4, 0.5) is 5.69 Å². The Morgan fingerprint density at radius 3 is 3.08 bits per heavy atom. The molecule has 64 valence electrons. The average molecular weight is 173 g/mol. The van der Waals surface area contributed by atoms with Gasteiger partial charge in [-0.3, -0.25) is 4.79 Å². The van der Waals surface area contributed by atoms with Crippen LogP contribution in [0, 0.1) is 0 Å². The molecule has 3 heteroatoms. The summed E-state index contributed by atoms with van der Waals surface area (Å²) >= 11 is 0. The number of hydrazine groups is 1. The molecule has 2 aliphatic rings. The Hall–Kier alpha value is -1.64. The predicted molar refractivity (Wildman–Crippen MR) is 48.1 cm³/mol. The van der Waals surface area contributed by atoms with Crippen LogP contribution in [-0.2, 0) is 0 Å². The smallest absolute Gasteiger partial charge is 0.263 e. The number of benzene rings is 1.